The Labute approximate surface area is 196 Å². The molecule has 2 aliphatic carbocycles. The van der Waals surface area contributed by atoms with E-state index in [1.54, 1.807) is 34.4 Å². The molecule has 0 amide bonds. The molecule has 2 unspecified atom stereocenters. The molecule has 0 bridgehead atoms. The Balaban J connectivity index is 1.72. The van der Waals surface area contributed by atoms with Crippen molar-refractivity contribution in [3.8, 4) is 0 Å². The molecule has 0 N–H and O–H groups in total. The standard InChI is InChI=1S/C15H11.C9H13.C5H10Si.Zr/c1-2-6-12(7-3-1)15-11-10-13-8-4-5-9-14(13)15;1-6-5-7(2)9(4)8(6)3;1-2-4-6-5-3-1;/h1-11H;6H,1-4H3;1-5H2;. The van der Waals surface area contributed by atoms with Crippen molar-refractivity contribution in [3.63, 3.8) is 0 Å². The Bertz CT molecular complexity index is 1140. The van der Waals surface area contributed by atoms with Crippen LogP contribution in [0.5, 0.6) is 0 Å². The molecule has 2 aromatic rings. The summed E-state index contributed by atoms with van der Waals surface area (Å²) in [4.78, 5) is 0. The predicted molar refractivity (Wildman–Crippen MR) is 132 cm³/mol. The second-order valence-corrected chi connectivity index (χ2v) is 25.2. The van der Waals surface area contributed by atoms with Gasteiger partial charge in [0.25, 0.3) is 0 Å². The molecule has 5 rings (SSSR count). The van der Waals surface area contributed by atoms with E-state index < -0.39 is 20.4 Å². The van der Waals surface area contributed by atoms with Crippen LogP contribution in [0.4, 0.5) is 0 Å². The maximum atomic E-state index is 2.75. The van der Waals surface area contributed by atoms with Gasteiger partial charge in [0.05, 0.1) is 0 Å². The average molecular weight is 502 g/mol. The van der Waals surface area contributed by atoms with Crippen LogP contribution < -0.4 is 0 Å². The van der Waals surface area contributed by atoms with Crippen LogP contribution >= 0.6 is 0 Å². The Kier molecular flexibility index (Phi) is 6.24. The van der Waals surface area contributed by atoms with Gasteiger partial charge in [-0.1, -0.05) is 0 Å². The first kappa shape index (κ1) is 21.6. The van der Waals surface area contributed by atoms with E-state index in [-0.39, 0.29) is 5.43 Å². The second-order valence-electron chi connectivity index (χ2n) is 9.66. The Morgan fingerprint density at radius 2 is 1.48 bits per heavy atom. The monoisotopic (exact) mass is 500 g/mol. The summed E-state index contributed by atoms with van der Waals surface area (Å²) in [5.41, 5.74) is 10.8. The van der Waals surface area contributed by atoms with Crippen LogP contribution in [-0.4, -0.2) is 5.43 Å². The van der Waals surface area contributed by atoms with Gasteiger partial charge in [-0.2, -0.15) is 0 Å². The summed E-state index contributed by atoms with van der Waals surface area (Å²) in [6.07, 6.45) is 7.21. The molecule has 2 heteroatoms. The summed E-state index contributed by atoms with van der Waals surface area (Å²) in [5, 5.41) is 0. The van der Waals surface area contributed by atoms with Crippen LogP contribution in [0, 0.1) is 5.92 Å². The second kappa shape index (κ2) is 8.95. The molecule has 3 aliphatic rings. The van der Waals surface area contributed by atoms with Gasteiger partial charge < -0.3 is 0 Å². The van der Waals surface area contributed by atoms with Gasteiger partial charge in [0, 0.05) is 0 Å². The molecule has 1 aliphatic heterocycles. The Hall–Kier alpha value is -1.24. The molecule has 0 saturated carbocycles. The zero-order valence-electron chi connectivity index (χ0n) is 19.5. The number of rotatable bonds is 3. The quantitative estimate of drug-likeness (QED) is 0.372. The van der Waals surface area contributed by atoms with Crippen LogP contribution in [0.3, 0.4) is 0 Å². The van der Waals surface area contributed by atoms with Gasteiger partial charge in [-0.15, -0.1) is 0 Å². The first-order valence-corrected chi connectivity index (χ1v) is 20.3. The predicted octanol–water partition coefficient (Wildman–Crippen LogP) is 8.23. The van der Waals surface area contributed by atoms with Crippen LogP contribution in [0.25, 0.3) is 5.57 Å². The van der Waals surface area contributed by atoms with Crippen LogP contribution in [0.1, 0.15) is 67.3 Å². The van der Waals surface area contributed by atoms with E-state index in [0.717, 1.165) is 3.63 Å². The molecule has 1 heterocycles. The van der Waals surface area contributed by atoms with Crippen molar-refractivity contribution in [2.45, 2.75) is 62.7 Å². The fourth-order valence-corrected chi connectivity index (χ4v) is 31.6. The molecular formula is C29H34SiZr. The summed E-state index contributed by atoms with van der Waals surface area (Å²) in [6.45, 7) is 9.79. The van der Waals surface area contributed by atoms with E-state index in [1.807, 2.05) is 3.28 Å². The van der Waals surface area contributed by atoms with Crippen molar-refractivity contribution in [1.82, 2.24) is 0 Å². The van der Waals surface area contributed by atoms with Gasteiger partial charge in [-0.05, 0) is 0 Å². The molecule has 0 nitrogen and oxygen atoms in total. The van der Waals surface area contributed by atoms with Crippen LogP contribution in [-0.2, 0) is 20.4 Å². The van der Waals surface area contributed by atoms with Gasteiger partial charge in [-0.3, -0.25) is 0 Å². The third-order valence-electron chi connectivity index (χ3n) is 8.08. The van der Waals surface area contributed by atoms with Gasteiger partial charge >= 0.3 is 197 Å². The third kappa shape index (κ3) is 3.79. The molecule has 1 fully saturated rings. The van der Waals surface area contributed by atoms with E-state index in [1.165, 1.54) is 36.0 Å². The molecule has 2 aromatic carbocycles. The molecule has 31 heavy (non-hydrogen) atoms. The van der Waals surface area contributed by atoms with Crippen molar-refractivity contribution >= 4 is 11.0 Å². The maximum absolute atomic E-state index is 2.75. The topological polar surface area (TPSA) is 0 Å². The van der Waals surface area contributed by atoms with E-state index >= 15 is 0 Å². The fourth-order valence-electron chi connectivity index (χ4n) is 6.09. The number of allylic oxidation sites excluding steroid dienone is 5. The third-order valence-corrected chi connectivity index (χ3v) is 29.6. The summed E-state index contributed by atoms with van der Waals surface area (Å²) >= 11 is -1.92. The number of hydrogen-bond acceptors (Lipinski definition) is 0. The van der Waals surface area contributed by atoms with Crippen molar-refractivity contribution in [2.24, 2.45) is 5.92 Å². The summed E-state index contributed by atoms with van der Waals surface area (Å²) in [6, 6.07) is 23.7. The molecule has 1 saturated heterocycles. The minimum absolute atomic E-state index is 0.242. The Morgan fingerprint density at radius 1 is 0.806 bits per heavy atom. The van der Waals surface area contributed by atoms with Crippen LogP contribution in [0.15, 0.2) is 80.7 Å². The molecule has 0 spiro atoms. The fraction of sp³-hybridized carbons (Fsp3) is 0.379. The van der Waals surface area contributed by atoms with Crippen molar-refractivity contribution in [3.05, 3.63) is 97.4 Å². The van der Waals surface area contributed by atoms with Gasteiger partial charge in [-0.25, -0.2) is 0 Å². The number of benzene rings is 2. The van der Waals surface area contributed by atoms with E-state index in [2.05, 4.69) is 88.4 Å². The first-order chi connectivity index (χ1) is 15.1. The van der Waals surface area contributed by atoms with Gasteiger partial charge in [0.15, 0.2) is 0 Å². The normalized spacial score (nSPS) is 23.4. The minimum atomic E-state index is -1.92. The zero-order chi connectivity index (χ0) is 21.5. The average Bonchev–Trinajstić information content (AvgIpc) is 3.28. The first-order valence-electron chi connectivity index (χ1n) is 12.0. The molecule has 2 atom stereocenters. The van der Waals surface area contributed by atoms with Crippen LogP contribution in [0.2, 0.25) is 12.1 Å². The van der Waals surface area contributed by atoms with Crippen molar-refractivity contribution in [2.75, 3.05) is 0 Å². The Morgan fingerprint density at radius 3 is 2.16 bits per heavy atom. The number of fused-ring (bicyclic) bond motifs is 1. The SMILES string of the molecule is CC1=C(C)C(C)[C]([Zr]([CH]2C=C(c3ccccc3)c3ccccc32)=[Si]2CCCCC2)=C1C. The van der Waals surface area contributed by atoms with E-state index in [4.69, 9.17) is 0 Å². The number of hydrogen-bond donors (Lipinski definition) is 0. The summed E-state index contributed by atoms with van der Waals surface area (Å²) in [7, 11) is 0. The molecular weight excluding hydrogens is 468 g/mol. The zero-order valence-corrected chi connectivity index (χ0v) is 22.9. The van der Waals surface area contributed by atoms with Crippen molar-refractivity contribution in [1.29, 1.82) is 0 Å². The molecule has 158 valence electrons. The molecule has 0 aromatic heterocycles. The summed E-state index contributed by atoms with van der Waals surface area (Å²) in [5.74, 6) is 0.690. The van der Waals surface area contributed by atoms with Gasteiger partial charge in [0.1, 0.15) is 0 Å². The van der Waals surface area contributed by atoms with Gasteiger partial charge in [0.2, 0.25) is 0 Å². The van der Waals surface area contributed by atoms with E-state index in [0.29, 0.717) is 5.92 Å². The summed E-state index contributed by atoms with van der Waals surface area (Å²) < 4.78 is 2.71. The molecule has 0 radical (unpaired) electrons. The van der Waals surface area contributed by atoms with Crippen molar-refractivity contribution < 1.29 is 20.4 Å². The van der Waals surface area contributed by atoms with E-state index in [9.17, 15) is 0 Å².